The Labute approximate surface area is 204 Å². The first kappa shape index (κ1) is 29.3. The topological polar surface area (TPSA) is 149 Å². The van der Waals surface area contributed by atoms with Crippen LogP contribution in [0.1, 0.15) is 20.7 Å². The van der Waals surface area contributed by atoms with Gasteiger partial charge >= 0.3 is 59.1 Å². The van der Waals surface area contributed by atoms with Gasteiger partial charge in [0, 0.05) is 34.1 Å². The van der Waals surface area contributed by atoms with Gasteiger partial charge in [0.1, 0.15) is 0 Å². The number of benzene rings is 1. The van der Waals surface area contributed by atoms with Crippen LogP contribution in [-0.2, 0) is 20.2 Å². The molecule has 0 bridgehead atoms. The van der Waals surface area contributed by atoms with Crippen molar-refractivity contribution in [1.29, 1.82) is 0 Å². The fourth-order valence-electron chi connectivity index (χ4n) is 1.41. The fraction of sp³-hybridized carbons (Fsp3) is 0.333. The number of hydrogen-bond donors (Lipinski definition) is 0. The van der Waals surface area contributed by atoms with Gasteiger partial charge in [-0.15, -0.1) is 0 Å². The summed E-state index contributed by atoms with van der Waals surface area (Å²) < 4.78 is 62.8. The molecule has 0 saturated heterocycles. The van der Waals surface area contributed by atoms with Crippen LogP contribution in [-0.4, -0.2) is 59.2 Å². The molecule has 1 aromatic rings. The fourth-order valence-corrected chi connectivity index (χ4v) is 4.67. The third-order valence-corrected chi connectivity index (χ3v) is 6.20. The number of carbonyl (C=O) groups excluding carboxylic acids is 2. The van der Waals surface area contributed by atoms with Crippen molar-refractivity contribution in [2.24, 2.45) is 0 Å². The summed E-state index contributed by atoms with van der Waals surface area (Å²) >= 11 is 1.28. The molecule has 14 heteroatoms. The minimum absolute atomic E-state index is 0. The Balaban J connectivity index is 0. The predicted molar refractivity (Wildman–Crippen MR) is 89.1 cm³/mol. The molecule has 0 unspecified atom stereocenters. The van der Waals surface area contributed by atoms with E-state index < -0.39 is 42.0 Å². The molecule has 1 rings (SSSR count). The second-order valence-corrected chi connectivity index (χ2v) is 9.56. The minimum atomic E-state index is -4.40. The molecule has 0 spiro atoms. The van der Waals surface area contributed by atoms with Crippen LogP contribution in [0.15, 0.2) is 24.3 Å². The Morgan fingerprint density at radius 3 is 1.46 bits per heavy atom. The summed E-state index contributed by atoms with van der Waals surface area (Å²) in [6.45, 7) is 0. The van der Waals surface area contributed by atoms with Gasteiger partial charge in [0.25, 0.3) is 0 Å². The van der Waals surface area contributed by atoms with E-state index >= 15 is 0 Å². The van der Waals surface area contributed by atoms with E-state index in [0.717, 1.165) is 0 Å². The van der Waals surface area contributed by atoms with E-state index in [4.69, 9.17) is 0 Å². The van der Waals surface area contributed by atoms with E-state index in [0.29, 0.717) is 23.5 Å². The summed E-state index contributed by atoms with van der Waals surface area (Å²) in [5.41, 5.74) is 0.289. The number of carbonyl (C=O) groups is 2. The van der Waals surface area contributed by atoms with E-state index in [-0.39, 0.29) is 81.7 Å². The zero-order valence-corrected chi connectivity index (χ0v) is 21.3. The molecule has 0 aliphatic rings. The molecule has 134 valence electrons. The molecular formula is C12H12Na2O8S4. The third-order valence-electron chi connectivity index (χ3n) is 2.47. The zero-order chi connectivity index (χ0) is 18.4. The van der Waals surface area contributed by atoms with E-state index in [1.165, 1.54) is 24.3 Å². The maximum absolute atomic E-state index is 11.9. The van der Waals surface area contributed by atoms with Crippen LogP contribution < -0.4 is 59.1 Å². The van der Waals surface area contributed by atoms with Crippen LogP contribution in [0.3, 0.4) is 0 Å². The van der Waals surface area contributed by atoms with Gasteiger partial charge in [-0.3, -0.25) is 9.59 Å². The molecule has 1 aromatic carbocycles. The van der Waals surface area contributed by atoms with Gasteiger partial charge < -0.3 is 9.11 Å². The van der Waals surface area contributed by atoms with Crippen LogP contribution in [0.5, 0.6) is 0 Å². The standard InChI is InChI=1S/C12H14O8S4.2Na/c13-11(21-4-6-23(15,16)17)9-2-1-3-10(8-9)12(14)22-5-7-24(18,19)20;;/h1-3,8H,4-7H2,(H,15,16,17)(H,18,19,20);;/q;2*+1/p-2. The number of hydrogen-bond acceptors (Lipinski definition) is 10. The van der Waals surface area contributed by atoms with Gasteiger partial charge in [0.15, 0.2) is 0 Å². The van der Waals surface area contributed by atoms with E-state index in [9.17, 15) is 35.5 Å². The summed E-state index contributed by atoms with van der Waals surface area (Å²) in [5, 5.41) is -0.999. The van der Waals surface area contributed by atoms with Crippen LogP contribution in [0, 0.1) is 0 Å². The van der Waals surface area contributed by atoms with Crippen LogP contribution >= 0.6 is 23.5 Å². The van der Waals surface area contributed by atoms with E-state index in [1.54, 1.807) is 0 Å². The summed E-state index contributed by atoms with van der Waals surface area (Å²) in [6, 6.07) is 5.56. The first-order valence-corrected chi connectivity index (χ1v) is 11.4. The molecule has 0 N–H and O–H groups in total. The molecule has 0 aliphatic carbocycles. The summed E-state index contributed by atoms with van der Waals surface area (Å²) in [4.78, 5) is 23.8. The van der Waals surface area contributed by atoms with Crippen LogP contribution in [0.4, 0.5) is 0 Å². The Bertz CT molecular complexity index is 758. The Morgan fingerprint density at radius 2 is 1.15 bits per heavy atom. The molecule has 0 fully saturated rings. The Hall–Kier alpha value is 1.08. The molecule has 26 heavy (non-hydrogen) atoms. The largest absolute Gasteiger partial charge is 1.00 e. The molecule has 8 nitrogen and oxygen atoms in total. The van der Waals surface area contributed by atoms with E-state index in [1.807, 2.05) is 0 Å². The molecule has 0 amide bonds. The second kappa shape index (κ2) is 13.3. The first-order valence-electron chi connectivity index (χ1n) is 6.29. The van der Waals surface area contributed by atoms with Crippen molar-refractivity contribution in [3.63, 3.8) is 0 Å². The first-order chi connectivity index (χ1) is 11.0. The number of rotatable bonds is 8. The van der Waals surface area contributed by atoms with Crippen molar-refractivity contribution in [2.75, 3.05) is 23.0 Å². The molecule has 0 heterocycles. The van der Waals surface area contributed by atoms with Crippen LogP contribution in [0.2, 0.25) is 0 Å². The van der Waals surface area contributed by atoms with Gasteiger partial charge in [-0.25, -0.2) is 16.8 Å². The SMILES string of the molecule is O=C(SCCS(=O)(=O)[O-])c1cccc(C(=O)SCCS(=O)(=O)[O-])c1.[Na+].[Na+]. The maximum Gasteiger partial charge on any atom is 1.00 e. The van der Waals surface area contributed by atoms with E-state index in [2.05, 4.69) is 0 Å². The normalized spacial score (nSPS) is 11.2. The van der Waals surface area contributed by atoms with Gasteiger partial charge in [-0.1, -0.05) is 41.7 Å². The Morgan fingerprint density at radius 1 is 0.808 bits per heavy atom. The smallest absolute Gasteiger partial charge is 0.748 e. The third kappa shape index (κ3) is 13.3. The molecule has 0 aliphatic heterocycles. The van der Waals surface area contributed by atoms with Crippen molar-refractivity contribution in [2.45, 2.75) is 0 Å². The monoisotopic (exact) mass is 458 g/mol. The minimum Gasteiger partial charge on any atom is -0.748 e. The molecule has 0 saturated carbocycles. The van der Waals surface area contributed by atoms with Gasteiger partial charge in [0.2, 0.25) is 10.2 Å². The van der Waals surface area contributed by atoms with Crippen molar-refractivity contribution in [3.8, 4) is 0 Å². The van der Waals surface area contributed by atoms with Gasteiger partial charge in [-0.2, -0.15) is 0 Å². The predicted octanol–water partition coefficient (Wildman–Crippen LogP) is -5.47. The second-order valence-electron chi connectivity index (χ2n) is 4.38. The maximum atomic E-state index is 11.9. The average molecular weight is 458 g/mol. The zero-order valence-electron chi connectivity index (χ0n) is 14.0. The van der Waals surface area contributed by atoms with Crippen molar-refractivity contribution in [1.82, 2.24) is 0 Å². The quantitative estimate of drug-likeness (QED) is 0.273. The molecular weight excluding hydrogens is 446 g/mol. The summed E-state index contributed by atoms with van der Waals surface area (Å²) in [7, 11) is -8.80. The van der Waals surface area contributed by atoms with Crippen molar-refractivity contribution >= 4 is 54.0 Å². The average Bonchev–Trinajstić information content (AvgIpc) is 2.44. The number of thioether (sulfide) groups is 2. The van der Waals surface area contributed by atoms with Crippen molar-refractivity contribution < 1.29 is 94.6 Å². The summed E-state index contributed by atoms with van der Waals surface area (Å²) in [5.74, 6) is -1.75. The van der Waals surface area contributed by atoms with Gasteiger partial charge in [0.05, 0.1) is 20.2 Å². The Kier molecular flexibility index (Phi) is 15.0. The molecule has 0 aromatic heterocycles. The van der Waals surface area contributed by atoms with Crippen LogP contribution in [0.25, 0.3) is 0 Å². The molecule has 0 atom stereocenters. The van der Waals surface area contributed by atoms with Crippen molar-refractivity contribution in [3.05, 3.63) is 35.4 Å². The van der Waals surface area contributed by atoms with Gasteiger partial charge in [-0.05, 0) is 6.07 Å². The summed E-state index contributed by atoms with van der Waals surface area (Å²) in [6.07, 6.45) is 0. The molecule has 0 radical (unpaired) electrons.